The van der Waals surface area contributed by atoms with E-state index in [9.17, 15) is 4.39 Å². The highest BCUT2D eigenvalue weighted by Gasteiger charge is 2.07. The third-order valence-electron chi connectivity index (χ3n) is 2.94. The van der Waals surface area contributed by atoms with Crippen LogP contribution in [0.4, 0.5) is 4.39 Å². The fourth-order valence-electron chi connectivity index (χ4n) is 1.87. The van der Waals surface area contributed by atoms with Gasteiger partial charge in [0.05, 0.1) is 0 Å². The van der Waals surface area contributed by atoms with Crippen molar-refractivity contribution >= 4 is 11.6 Å². The average Bonchev–Trinajstić information content (AvgIpc) is 2.37. The molecule has 0 fully saturated rings. The maximum Gasteiger partial charge on any atom is 0.128 e. The second kappa shape index (κ2) is 6.18. The number of rotatable bonds is 4. The summed E-state index contributed by atoms with van der Waals surface area (Å²) in [7, 11) is 0. The van der Waals surface area contributed by atoms with Crippen LogP contribution in [-0.4, -0.2) is 6.04 Å². The first-order valence-corrected chi connectivity index (χ1v) is 6.72. The molecule has 2 aromatic rings. The average molecular weight is 278 g/mol. The molecule has 0 atom stereocenters. The van der Waals surface area contributed by atoms with Gasteiger partial charge in [-0.15, -0.1) is 0 Å². The van der Waals surface area contributed by atoms with Gasteiger partial charge in [-0.05, 0) is 17.7 Å². The van der Waals surface area contributed by atoms with E-state index in [0.717, 1.165) is 11.1 Å². The molecule has 2 rings (SSSR count). The molecule has 0 heterocycles. The normalized spacial score (nSPS) is 11.0. The van der Waals surface area contributed by atoms with Crippen molar-refractivity contribution in [1.82, 2.24) is 5.32 Å². The summed E-state index contributed by atoms with van der Waals surface area (Å²) in [6.07, 6.45) is 0. The molecule has 0 aliphatic carbocycles. The van der Waals surface area contributed by atoms with Gasteiger partial charge >= 0.3 is 0 Å². The van der Waals surface area contributed by atoms with Crippen LogP contribution in [0.25, 0.3) is 11.1 Å². The van der Waals surface area contributed by atoms with Crippen LogP contribution in [0.2, 0.25) is 5.02 Å². The Hall–Kier alpha value is -1.38. The molecule has 0 bridgehead atoms. The third-order valence-corrected chi connectivity index (χ3v) is 3.27. The molecule has 0 aliphatic rings. The molecule has 1 N–H and O–H groups in total. The number of benzene rings is 2. The van der Waals surface area contributed by atoms with E-state index in [1.54, 1.807) is 6.07 Å². The first-order valence-electron chi connectivity index (χ1n) is 6.34. The van der Waals surface area contributed by atoms with Gasteiger partial charge in [-0.3, -0.25) is 0 Å². The zero-order valence-corrected chi connectivity index (χ0v) is 11.8. The van der Waals surface area contributed by atoms with Gasteiger partial charge in [-0.25, -0.2) is 4.39 Å². The fourth-order valence-corrected chi connectivity index (χ4v) is 2.11. The quantitative estimate of drug-likeness (QED) is 0.858. The zero-order chi connectivity index (χ0) is 13.8. The topological polar surface area (TPSA) is 12.0 Å². The van der Waals surface area contributed by atoms with E-state index in [-0.39, 0.29) is 5.82 Å². The molecule has 100 valence electrons. The van der Waals surface area contributed by atoms with Crippen LogP contribution in [0.3, 0.4) is 0 Å². The summed E-state index contributed by atoms with van der Waals surface area (Å²) in [6, 6.07) is 13.1. The van der Waals surface area contributed by atoms with Crippen LogP contribution in [0.15, 0.2) is 42.5 Å². The lowest BCUT2D eigenvalue weighted by atomic mass is 10.0. The molecule has 0 spiro atoms. The lowest BCUT2D eigenvalue weighted by Crippen LogP contribution is -2.22. The van der Waals surface area contributed by atoms with Crippen molar-refractivity contribution in [2.75, 3.05) is 0 Å². The van der Waals surface area contributed by atoms with Crippen molar-refractivity contribution in [3.05, 3.63) is 58.9 Å². The molecule has 0 aliphatic heterocycles. The van der Waals surface area contributed by atoms with Crippen molar-refractivity contribution < 1.29 is 4.39 Å². The molecular weight excluding hydrogens is 261 g/mol. The third kappa shape index (κ3) is 3.55. The van der Waals surface area contributed by atoms with Gasteiger partial charge in [-0.2, -0.15) is 0 Å². The van der Waals surface area contributed by atoms with E-state index in [1.807, 2.05) is 50.2 Å². The Morgan fingerprint density at radius 2 is 1.89 bits per heavy atom. The number of hydrogen-bond acceptors (Lipinski definition) is 1. The fraction of sp³-hybridized carbons (Fsp3) is 0.250. The molecule has 0 amide bonds. The lowest BCUT2D eigenvalue weighted by molar-refractivity contribution is 0.553. The molecule has 0 unspecified atom stereocenters. The number of nitrogens with one attached hydrogen (secondary N) is 1. The molecule has 0 saturated carbocycles. The minimum absolute atomic E-state index is 0.203. The van der Waals surface area contributed by atoms with Crippen LogP contribution >= 0.6 is 11.6 Å². The molecule has 0 saturated heterocycles. The molecule has 1 nitrogen and oxygen atoms in total. The molecule has 2 aromatic carbocycles. The summed E-state index contributed by atoms with van der Waals surface area (Å²) in [6.45, 7) is 4.61. The van der Waals surface area contributed by atoms with Crippen molar-refractivity contribution in [2.24, 2.45) is 0 Å². The summed E-state index contributed by atoms with van der Waals surface area (Å²) >= 11 is 6.12. The van der Waals surface area contributed by atoms with E-state index in [1.165, 1.54) is 0 Å². The Morgan fingerprint density at radius 1 is 1.16 bits per heavy atom. The maximum absolute atomic E-state index is 14.0. The standard InChI is InChI=1S/C16H17ClFN/c1-11(2)19-10-13-8-7-12(9-16(13)18)14-5-3-4-6-15(14)17/h3-9,11,19H,10H2,1-2H3. The van der Waals surface area contributed by atoms with E-state index >= 15 is 0 Å². The lowest BCUT2D eigenvalue weighted by Gasteiger charge is -2.10. The second-order valence-corrected chi connectivity index (χ2v) is 5.23. The van der Waals surface area contributed by atoms with Crippen LogP contribution < -0.4 is 5.32 Å². The SMILES string of the molecule is CC(C)NCc1ccc(-c2ccccc2Cl)cc1F. The highest BCUT2D eigenvalue weighted by atomic mass is 35.5. The minimum atomic E-state index is -0.203. The summed E-state index contributed by atoms with van der Waals surface area (Å²) < 4.78 is 14.0. The first-order chi connectivity index (χ1) is 9.08. The molecule has 19 heavy (non-hydrogen) atoms. The van der Waals surface area contributed by atoms with Crippen LogP contribution in [0, 0.1) is 5.82 Å². The van der Waals surface area contributed by atoms with Gasteiger partial charge < -0.3 is 5.32 Å². The monoisotopic (exact) mass is 277 g/mol. The molecule has 0 aromatic heterocycles. The zero-order valence-electron chi connectivity index (χ0n) is 11.1. The highest BCUT2D eigenvalue weighted by Crippen LogP contribution is 2.28. The predicted octanol–water partition coefficient (Wildman–Crippen LogP) is 4.64. The summed E-state index contributed by atoms with van der Waals surface area (Å²) in [4.78, 5) is 0. The Kier molecular flexibility index (Phi) is 4.56. The predicted molar refractivity (Wildman–Crippen MR) is 78.8 cm³/mol. The Morgan fingerprint density at radius 3 is 2.53 bits per heavy atom. The van der Waals surface area contributed by atoms with Gasteiger partial charge in [0, 0.05) is 28.7 Å². The van der Waals surface area contributed by atoms with E-state index in [2.05, 4.69) is 5.32 Å². The second-order valence-electron chi connectivity index (χ2n) is 4.82. The van der Waals surface area contributed by atoms with E-state index in [4.69, 9.17) is 11.6 Å². The van der Waals surface area contributed by atoms with Crippen LogP contribution in [0.5, 0.6) is 0 Å². The van der Waals surface area contributed by atoms with Gasteiger partial charge in [0.1, 0.15) is 5.82 Å². The van der Waals surface area contributed by atoms with Gasteiger partial charge in [0.25, 0.3) is 0 Å². The van der Waals surface area contributed by atoms with Crippen molar-refractivity contribution in [1.29, 1.82) is 0 Å². The summed E-state index contributed by atoms with van der Waals surface area (Å²) in [5.74, 6) is -0.203. The van der Waals surface area contributed by atoms with Gasteiger partial charge in [0.15, 0.2) is 0 Å². The minimum Gasteiger partial charge on any atom is -0.310 e. The summed E-state index contributed by atoms with van der Waals surface area (Å²) in [5, 5.41) is 3.84. The molecular formula is C16H17ClFN. The van der Waals surface area contributed by atoms with Crippen LogP contribution in [0.1, 0.15) is 19.4 Å². The summed E-state index contributed by atoms with van der Waals surface area (Å²) in [5.41, 5.74) is 2.33. The molecule has 3 heteroatoms. The Bertz CT molecular complexity index is 566. The van der Waals surface area contributed by atoms with Gasteiger partial charge in [0.2, 0.25) is 0 Å². The van der Waals surface area contributed by atoms with E-state index in [0.29, 0.717) is 23.2 Å². The van der Waals surface area contributed by atoms with Crippen LogP contribution in [-0.2, 0) is 6.54 Å². The highest BCUT2D eigenvalue weighted by molar-refractivity contribution is 6.33. The Balaban J connectivity index is 2.26. The van der Waals surface area contributed by atoms with Crippen molar-refractivity contribution in [3.63, 3.8) is 0 Å². The van der Waals surface area contributed by atoms with Crippen molar-refractivity contribution in [2.45, 2.75) is 26.4 Å². The number of halogens is 2. The number of hydrogen-bond donors (Lipinski definition) is 1. The molecule has 0 radical (unpaired) electrons. The Labute approximate surface area is 118 Å². The van der Waals surface area contributed by atoms with E-state index < -0.39 is 0 Å². The van der Waals surface area contributed by atoms with Crippen molar-refractivity contribution in [3.8, 4) is 11.1 Å². The maximum atomic E-state index is 14.0. The first kappa shape index (κ1) is 14.0. The smallest absolute Gasteiger partial charge is 0.128 e. The largest absolute Gasteiger partial charge is 0.310 e. The van der Waals surface area contributed by atoms with Gasteiger partial charge in [-0.1, -0.05) is 55.8 Å².